The largest absolute Gasteiger partial charge is 1.00 e. The van der Waals surface area contributed by atoms with Crippen LogP contribution in [0.3, 0.4) is 0 Å². The van der Waals surface area contributed by atoms with E-state index in [0.29, 0.717) is 0 Å². The first-order chi connectivity index (χ1) is 5.34. The Morgan fingerprint density at radius 3 is 2.67 bits per heavy atom. The average Bonchev–Trinajstić information content (AvgIpc) is 2.37. The van der Waals surface area contributed by atoms with Gasteiger partial charge in [0.25, 0.3) is 5.82 Å². The van der Waals surface area contributed by atoms with Crippen LogP contribution in [0.1, 0.15) is 32.0 Å². The lowest BCUT2D eigenvalue weighted by atomic mass is 10.2. The standard InChI is InChI=1S/C9H16N2.HI/c1-3-4-5-7-11-8-6-10-9(11)2;/h6,8H,3-5,7H2,1-2H3;1H. The number of hydrogen-bond donors (Lipinski definition) is 1. The van der Waals surface area contributed by atoms with Crippen LogP contribution < -0.4 is 28.5 Å². The predicted molar refractivity (Wildman–Crippen MR) is 45.2 cm³/mol. The lowest BCUT2D eigenvalue weighted by Gasteiger charge is -1.95. The maximum absolute atomic E-state index is 3.16. The summed E-state index contributed by atoms with van der Waals surface area (Å²) in [4.78, 5) is 3.16. The molecule has 0 radical (unpaired) electrons. The van der Waals surface area contributed by atoms with Crippen LogP contribution in [0.15, 0.2) is 12.4 Å². The molecule has 1 N–H and O–H groups in total. The first-order valence-corrected chi connectivity index (χ1v) is 4.38. The van der Waals surface area contributed by atoms with Crippen LogP contribution in [-0.4, -0.2) is 4.98 Å². The summed E-state index contributed by atoms with van der Waals surface area (Å²) in [5.74, 6) is 1.25. The fourth-order valence-electron chi connectivity index (χ4n) is 1.22. The van der Waals surface area contributed by atoms with E-state index < -0.39 is 0 Å². The third-order valence-electron chi connectivity index (χ3n) is 1.98. The first kappa shape index (κ1) is 11.9. The van der Waals surface area contributed by atoms with Gasteiger partial charge in [-0.2, -0.15) is 0 Å². The number of rotatable bonds is 4. The molecule has 1 aromatic heterocycles. The number of aromatic amines is 1. The number of nitrogens with one attached hydrogen (secondary N) is 1. The van der Waals surface area contributed by atoms with E-state index in [1.807, 2.05) is 6.20 Å². The third-order valence-corrected chi connectivity index (χ3v) is 1.98. The molecule has 2 nitrogen and oxygen atoms in total. The molecule has 0 aliphatic carbocycles. The minimum absolute atomic E-state index is 0. The van der Waals surface area contributed by atoms with E-state index in [4.69, 9.17) is 0 Å². The highest BCUT2D eigenvalue weighted by Crippen LogP contribution is 1.93. The summed E-state index contributed by atoms with van der Waals surface area (Å²) in [6, 6.07) is 0. The van der Waals surface area contributed by atoms with E-state index in [-0.39, 0.29) is 24.0 Å². The second-order valence-corrected chi connectivity index (χ2v) is 2.95. The van der Waals surface area contributed by atoms with Crippen molar-refractivity contribution in [3.05, 3.63) is 18.2 Å². The Hall–Kier alpha value is -0.0600. The number of unbranched alkanes of at least 4 members (excludes halogenated alkanes) is 2. The number of aryl methyl sites for hydroxylation is 2. The monoisotopic (exact) mass is 280 g/mol. The Morgan fingerprint density at radius 2 is 2.17 bits per heavy atom. The Labute approximate surface area is 91.4 Å². The highest BCUT2D eigenvalue weighted by molar-refractivity contribution is 4.70. The quantitative estimate of drug-likeness (QED) is 0.406. The van der Waals surface area contributed by atoms with Gasteiger partial charge in [0, 0.05) is 6.92 Å². The van der Waals surface area contributed by atoms with Gasteiger partial charge in [-0.3, -0.25) is 0 Å². The molecule has 0 bridgehead atoms. The fourth-order valence-corrected chi connectivity index (χ4v) is 1.22. The lowest BCUT2D eigenvalue weighted by molar-refractivity contribution is -0.701. The Kier molecular flexibility index (Phi) is 6.42. The molecule has 0 aromatic carbocycles. The molecule has 0 aliphatic rings. The lowest BCUT2D eigenvalue weighted by Crippen LogP contribution is -3.00. The van der Waals surface area contributed by atoms with Gasteiger partial charge in [0.15, 0.2) is 0 Å². The Bertz CT molecular complexity index is 208. The van der Waals surface area contributed by atoms with E-state index in [2.05, 4.69) is 29.6 Å². The number of H-pyrrole nitrogens is 1. The van der Waals surface area contributed by atoms with Crippen LogP contribution in [0.5, 0.6) is 0 Å². The molecule has 0 amide bonds. The zero-order chi connectivity index (χ0) is 8.10. The van der Waals surface area contributed by atoms with Crippen LogP contribution in [0.4, 0.5) is 0 Å². The van der Waals surface area contributed by atoms with Crippen molar-refractivity contribution in [3.8, 4) is 0 Å². The number of aromatic nitrogens is 2. The molecule has 70 valence electrons. The van der Waals surface area contributed by atoms with Crippen molar-refractivity contribution in [1.29, 1.82) is 0 Å². The molecule has 0 fully saturated rings. The maximum atomic E-state index is 3.16. The minimum atomic E-state index is 0. The van der Waals surface area contributed by atoms with Gasteiger partial charge in [0.1, 0.15) is 12.4 Å². The summed E-state index contributed by atoms with van der Waals surface area (Å²) >= 11 is 0. The molecule has 0 saturated carbocycles. The Balaban J connectivity index is 0.00000121. The van der Waals surface area contributed by atoms with E-state index in [1.54, 1.807) is 0 Å². The maximum Gasteiger partial charge on any atom is 0.251 e. The van der Waals surface area contributed by atoms with E-state index >= 15 is 0 Å². The summed E-state index contributed by atoms with van der Waals surface area (Å²) < 4.78 is 2.26. The summed E-state index contributed by atoms with van der Waals surface area (Å²) in [6.07, 6.45) is 8.01. The second-order valence-electron chi connectivity index (χ2n) is 2.95. The van der Waals surface area contributed by atoms with Gasteiger partial charge in [-0.1, -0.05) is 13.3 Å². The van der Waals surface area contributed by atoms with Crippen LogP contribution in [0, 0.1) is 6.92 Å². The van der Waals surface area contributed by atoms with Crippen LogP contribution in [-0.2, 0) is 6.54 Å². The number of halogens is 1. The van der Waals surface area contributed by atoms with Gasteiger partial charge < -0.3 is 24.0 Å². The predicted octanol–water partition coefficient (Wildman–Crippen LogP) is -1.20. The van der Waals surface area contributed by atoms with Crippen LogP contribution in [0.2, 0.25) is 0 Å². The molecule has 0 atom stereocenters. The molecule has 0 saturated heterocycles. The van der Waals surface area contributed by atoms with Gasteiger partial charge in [-0.05, 0) is 12.8 Å². The van der Waals surface area contributed by atoms with Crippen molar-refractivity contribution in [3.63, 3.8) is 0 Å². The van der Waals surface area contributed by atoms with E-state index in [0.717, 1.165) is 6.54 Å². The highest BCUT2D eigenvalue weighted by Gasteiger charge is 2.01. The topological polar surface area (TPSA) is 19.7 Å². The molecule has 0 aliphatic heterocycles. The van der Waals surface area contributed by atoms with Gasteiger partial charge in [-0.15, -0.1) is 0 Å². The van der Waals surface area contributed by atoms with Crippen molar-refractivity contribution in [1.82, 2.24) is 4.98 Å². The van der Waals surface area contributed by atoms with Gasteiger partial charge in [0.2, 0.25) is 0 Å². The second kappa shape index (κ2) is 6.46. The fraction of sp³-hybridized carbons (Fsp3) is 0.667. The smallest absolute Gasteiger partial charge is 0.251 e. The number of hydrogen-bond acceptors (Lipinski definition) is 0. The summed E-state index contributed by atoms with van der Waals surface area (Å²) in [6.45, 7) is 5.49. The third kappa shape index (κ3) is 3.56. The molecule has 1 heterocycles. The normalized spacial score (nSPS) is 9.50. The zero-order valence-electron chi connectivity index (χ0n) is 7.81. The summed E-state index contributed by atoms with van der Waals surface area (Å²) in [7, 11) is 0. The van der Waals surface area contributed by atoms with E-state index in [9.17, 15) is 0 Å². The molecule has 0 spiro atoms. The SMILES string of the molecule is CCCCC[n+]1cc[nH]c1C.[I-]. The molecule has 12 heavy (non-hydrogen) atoms. The summed E-state index contributed by atoms with van der Waals surface area (Å²) in [5, 5.41) is 0. The van der Waals surface area contributed by atoms with Crippen molar-refractivity contribution in [2.24, 2.45) is 0 Å². The van der Waals surface area contributed by atoms with Crippen molar-refractivity contribution >= 4 is 0 Å². The van der Waals surface area contributed by atoms with Crippen molar-refractivity contribution in [2.75, 3.05) is 0 Å². The van der Waals surface area contributed by atoms with E-state index in [1.165, 1.54) is 25.1 Å². The molecular formula is C9H17IN2. The molecule has 3 heteroatoms. The van der Waals surface area contributed by atoms with Gasteiger partial charge in [-0.25, -0.2) is 9.55 Å². The molecule has 1 rings (SSSR count). The Morgan fingerprint density at radius 1 is 1.42 bits per heavy atom. The van der Waals surface area contributed by atoms with Crippen molar-refractivity contribution < 1.29 is 28.5 Å². The van der Waals surface area contributed by atoms with Gasteiger partial charge >= 0.3 is 0 Å². The van der Waals surface area contributed by atoms with Crippen molar-refractivity contribution in [2.45, 2.75) is 39.7 Å². The summed E-state index contributed by atoms with van der Waals surface area (Å²) in [5.41, 5.74) is 0. The first-order valence-electron chi connectivity index (χ1n) is 4.38. The van der Waals surface area contributed by atoms with Gasteiger partial charge in [0.05, 0.1) is 6.54 Å². The zero-order valence-corrected chi connectivity index (χ0v) is 9.97. The molecule has 1 aromatic rings. The number of nitrogens with zero attached hydrogens (tertiary/aromatic N) is 1. The molecular weight excluding hydrogens is 263 g/mol. The molecule has 0 unspecified atom stereocenters. The minimum Gasteiger partial charge on any atom is -1.00 e. The highest BCUT2D eigenvalue weighted by atomic mass is 127. The number of imidazole rings is 1. The van der Waals surface area contributed by atoms with Crippen LogP contribution in [0.25, 0.3) is 0 Å². The average molecular weight is 280 g/mol. The van der Waals surface area contributed by atoms with Crippen LogP contribution >= 0.6 is 0 Å².